The Morgan fingerprint density at radius 2 is 1.95 bits per heavy atom. The highest BCUT2D eigenvalue weighted by atomic mass is 32.1. The van der Waals surface area contributed by atoms with Gasteiger partial charge in [0.2, 0.25) is 10.6 Å². The van der Waals surface area contributed by atoms with E-state index < -0.39 is 0 Å². The lowest BCUT2D eigenvalue weighted by atomic mass is 10.1. The number of nitrogen functional groups attached to an aromatic ring is 1. The molecule has 2 aromatic heterocycles. The Labute approximate surface area is 122 Å². The van der Waals surface area contributed by atoms with Gasteiger partial charge in [-0.3, -0.25) is 9.89 Å². The zero-order valence-corrected chi connectivity index (χ0v) is 11.3. The molecule has 0 aliphatic heterocycles. The molecule has 0 saturated carbocycles. The maximum absolute atomic E-state index is 12.5. The van der Waals surface area contributed by atoms with Gasteiger partial charge in [-0.05, 0) is 12.2 Å². The van der Waals surface area contributed by atoms with Crippen molar-refractivity contribution in [2.75, 3.05) is 5.84 Å². The smallest absolute Gasteiger partial charge is 0.272 e. The van der Waals surface area contributed by atoms with Crippen molar-refractivity contribution in [3.05, 3.63) is 46.0 Å². The first-order chi connectivity index (χ1) is 10.1. The Morgan fingerprint density at radius 1 is 1.24 bits per heavy atom. The van der Waals surface area contributed by atoms with Crippen molar-refractivity contribution in [1.29, 1.82) is 0 Å². The number of benzene rings is 1. The van der Waals surface area contributed by atoms with Crippen molar-refractivity contribution >= 4 is 35.1 Å². The van der Waals surface area contributed by atoms with Crippen LogP contribution in [0.5, 0.6) is 0 Å². The molecule has 4 N–H and O–H groups in total. The molecule has 3 aromatic rings. The number of aliphatic hydroxyl groups excluding tert-OH is 1. The molecule has 0 bridgehead atoms. The van der Waals surface area contributed by atoms with Gasteiger partial charge in [-0.25, -0.2) is 0 Å². The Morgan fingerprint density at radius 3 is 2.67 bits per heavy atom. The molecule has 104 valence electrons. The summed E-state index contributed by atoms with van der Waals surface area (Å²) >= 11 is 5.00. The number of Topliss-reactive ketones (excluding diaryl/α,β-unsaturated/α-hetero) is 1. The van der Waals surface area contributed by atoms with E-state index in [9.17, 15) is 9.90 Å². The fourth-order valence-corrected chi connectivity index (χ4v) is 2.58. The molecule has 8 nitrogen and oxygen atoms in total. The fourth-order valence-electron chi connectivity index (χ4n) is 2.41. The van der Waals surface area contributed by atoms with Crippen molar-refractivity contribution in [2.24, 2.45) is 0 Å². The number of allylic oxidation sites excluding steroid dienone is 1. The molecular weight excluding hydrogens is 292 g/mol. The molecule has 0 saturated heterocycles. The number of hydrogen-bond acceptors (Lipinski definition) is 6. The zero-order valence-electron chi connectivity index (χ0n) is 10.4. The average Bonchev–Trinajstić information content (AvgIpc) is 3.08. The minimum atomic E-state index is -0.318. The van der Waals surface area contributed by atoms with Crippen molar-refractivity contribution in [3.8, 4) is 0 Å². The van der Waals surface area contributed by atoms with Crippen LogP contribution >= 0.6 is 12.2 Å². The second-order valence-corrected chi connectivity index (χ2v) is 4.93. The number of fused-ring (bicyclic) bond motifs is 2. The first-order valence-corrected chi connectivity index (χ1v) is 6.39. The number of nitrogens with zero attached hydrogens (tertiary/aromatic N) is 4. The third-order valence-corrected chi connectivity index (χ3v) is 3.69. The van der Waals surface area contributed by atoms with Crippen LogP contribution in [0.15, 0.2) is 24.3 Å². The molecule has 0 amide bonds. The molecule has 21 heavy (non-hydrogen) atoms. The van der Waals surface area contributed by atoms with Gasteiger partial charge in [-0.2, -0.15) is 9.19 Å². The van der Waals surface area contributed by atoms with Crippen molar-refractivity contribution in [1.82, 2.24) is 24.5 Å². The van der Waals surface area contributed by atoms with E-state index in [1.807, 2.05) is 0 Å². The number of nitrogens with one attached hydrogen (secondary N) is 1. The molecule has 0 spiro atoms. The summed E-state index contributed by atoms with van der Waals surface area (Å²) in [7, 11) is 0. The number of nitrogens with two attached hydrogens (primary N) is 1. The van der Waals surface area contributed by atoms with Crippen LogP contribution in [0.2, 0.25) is 0 Å². The van der Waals surface area contributed by atoms with Crippen molar-refractivity contribution in [2.45, 2.75) is 0 Å². The number of aliphatic hydroxyl groups is 1. The summed E-state index contributed by atoms with van der Waals surface area (Å²) in [6.07, 6.45) is 0. The third-order valence-electron chi connectivity index (χ3n) is 3.40. The van der Waals surface area contributed by atoms with Gasteiger partial charge in [-0.15, -0.1) is 10.2 Å². The normalized spacial score (nSPS) is 14.2. The summed E-state index contributed by atoms with van der Waals surface area (Å²) < 4.78 is 2.73. The molecule has 0 atom stereocenters. The lowest BCUT2D eigenvalue weighted by Gasteiger charge is -1.97. The standard InChI is InChI=1S/C12H8N6O2S/c13-17-11-15-14-10(18(11)16-12(17)21)7-8(19)5-3-1-2-4-6(5)9(7)20/h1-4,19H,13H2,(H,16,21). The predicted octanol–water partition coefficient (Wildman–Crippen LogP) is 0.925. The third kappa shape index (κ3) is 1.37. The number of carbonyl (C=O) groups is 1. The van der Waals surface area contributed by atoms with Gasteiger partial charge < -0.3 is 10.9 Å². The minimum Gasteiger partial charge on any atom is -0.506 e. The quantitative estimate of drug-likeness (QED) is 0.455. The van der Waals surface area contributed by atoms with Gasteiger partial charge in [-0.1, -0.05) is 24.3 Å². The fraction of sp³-hybridized carbons (Fsp3) is 0. The van der Waals surface area contributed by atoms with Crippen LogP contribution < -0.4 is 5.84 Å². The number of aromatic nitrogens is 5. The summed E-state index contributed by atoms with van der Waals surface area (Å²) in [6.45, 7) is 0. The van der Waals surface area contributed by atoms with Crippen LogP contribution in [0, 0.1) is 4.77 Å². The van der Waals surface area contributed by atoms with Gasteiger partial charge in [0.15, 0.2) is 5.82 Å². The van der Waals surface area contributed by atoms with Gasteiger partial charge in [0, 0.05) is 11.1 Å². The van der Waals surface area contributed by atoms with Crippen molar-refractivity contribution in [3.63, 3.8) is 0 Å². The van der Waals surface area contributed by atoms with Gasteiger partial charge >= 0.3 is 0 Å². The van der Waals surface area contributed by atoms with E-state index in [0.717, 1.165) is 4.68 Å². The first-order valence-electron chi connectivity index (χ1n) is 5.98. The minimum absolute atomic E-state index is 0.0700. The monoisotopic (exact) mass is 300 g/mol. The Bertz CT molecular complexity index is 1010. The van der Waals surface area contributed by atoms with Crippen LogP contribution in [0.25, 0.3) is 17.1 Å². The summed E-state index contributed by atoms with van der Waals surface area (Å²) in [5.41, 5.74) is 0.966. The summed E-state index contributed by atoms with van der Waals surface area (Å²) in [5.74, 6) is 5.66. The molecular formula is C12H8N6O2S. The van der Waals surface area contributed by atoms with Gasteiger partial charge in [0.1, 0.15) is 11.3 Å². The lowest BCUT2D eigenvalue weighted by Crippen LogP contribution is -2.08. The number of H-pyrrole nitrogens is 1. The highest BCUT2D eigenvalue weighted by Crippen LogP contribution is 2.35. The largest absolute Gasteiger partial charge is 0.506 e. The number of aromatic amines is 1. The van der Waals surface area contributed by atoms with Crippen LogP contribution in [0.4, 0.5) is 0 Å². The van der Waals surface area contributed by atoms with Crippen molar-refractivity contribution < 1.29 is 9.90 Å². The number of ketones is 1. The second kappa shape index (κ2) is 3.79. The van der Waals surface area contributed by atoms with E-state index >= 15 is 0 Å². The van der Waals surface area contributed by atoms with E-state index in [4.69, 9.17) is 18.1 Å². The summed E-state index contributed by atoms with van der Waals surface area (Å²) in [5, 5.41) is 20.9. The van der Waals surface area contributed by atoms with Gasteiger partial charge in [0.25, 0.3) is 5.78 Å². The van der Waals surface area contributed by atoms with Crippen LogP contribution in [-0.2, 0) is 0 Å². The highest BCUT2D eigenvalue weighted by molar-refractivity contribution is 7.71. The molecule has 1 aromatic carbocycles. The maximum atomic E-state index is 12.5. The summed E-state index contributed by atoms with van der Waals surface area (Å²) in [6, 6.07) is 6.80. The average molecular weight is 300 g/mol. The summed E-state index contributed by atoms with van der Waals surface area (Å²) in [4.78, 5) is 12.5. The zero-order chi connectivity index (χ0) is 14.7. The number of rotatable bonds is 1. The molecule has 4 rings (SSSR count). The maximum Gasteiger partial charge on any atom is 0.272 e. The number of hydrogen-bond donors (Lipinski definition) is 3. The topological polar surface area (TPSA) is 114 Å². The Kier molecular flexibility index (Phi) is 2.14. The van der Waals surface area contributed by atoms with Crippen LogP contribution in [0.1, 0.15) is 21.7 Å². The predicted molar refractivity (Wildman–Crippen MR) is 76.5 cm³/mol. The molecule has 0 unspecified atom stereocenters. The SMILES string of the molecule is Nn1c(=S)[nH]n2c(C3=C(O)c4ccccc4C3=O)nnc12. The molecule has 0 fully saturated rings. The molecule has 1 aliphatic carbocycles. The van der Waals surface area contributed by atoms with E-state index in [2.05, 4.69) is 15.3 Å². The highest BCUT2D eigenvalue weighted by Gasteiger charge is 2.33. The van der Waals surface area contributed by atoms with Crippen LogP contribution in [0.3, 0.4) is 0 Å². The Hall–Kier alpha value is -2.94. The van der Waals surface area contributed by atoms with E-state index in [1.165, 1.54) is 4.52 Å². The van der Waals surface area contributed by atoms with Gasteiger partial charge in [0.05, 0.1) is 0 Å². The molecule has 0 radical (unpaired) electrons. The Balaban J connectivity index is 2.02. The lowest BCUT2D eigenvalue weighted by molar-refractivity contribution is 0.105. The number of carbonyl (C=O) groups excluding carboxylic acids is 1. The molecule has 1 aliphatic rings. The first kappa shape index (κ1) is 11.9. The van der Waals surface area contributed by atoms with E-state index in [1.54, 1.807) is 24.3 Å². The molecule has 2 heterocycles. The van der Waals surface area contributed by atoms with E-state index in [-0.39, 0.29) is 33.5 Å². The van der Waals surface area contributed by atoms with Crippen LogP contribution in [-0.4, -0.2) is 35.4 Å². The van der Waals surface area contributed by atoms with E-state index in [0.29, 0.717) is 11.1 Å². The molecule has 9 heteroatoms. The second-order valence-electron chi connectivity index (χ2n) is 4.54.